The van der Waals surface area contributed by atoms with E-state index in [1.165, 1.54) is 25.4 Å². The summed E-state index contributed by atoms with van der Waals surface area (Å²) < 4.78 is 15.1. The lowest BCUT2D eigenvalue weighted by atomic mass is 9.88. The summed E-state index contributed by atoms with van der Waals surface area (Å²) in [5.41, 5.74) is 0.469. The molecule has 7 heteroatoms. The molecule has 130 valence electrons. The summed E-state index contributed by atoms with van der Waals surface area (Å²) in [5, 5.41) is 0. The second-order valence-corrected chi connectivity index (χ2v) is 6.21. The largest absolute Gasteiger partial charge is 0.469 e. The molecule has 0 aromatic carbocycles. The average Bonchev–Trinajstić information content (AvgIpc) is 3.35. The Morgan fingerprint density at radius 1 is 1.12 bits per heavy atom. The maximum atomic E-state index is 13.0. The molecule has 1 amide bonds. The number of hydrogen-bond donors (Lipinski definition) is 0. The van der Waals surface area contributed by atoms with Crippen molar-refractivity contribution in [3.8, 4) is 0 Å². The quantitative estimate of drug-likeness (QED) is 0.779. The molecular formula is C17H21NO6. The van der Waals surface area contributed by atoms with Crippen molar-refractivity contribution in [2.45, 2.75) is 37.6 Å². The first-order chi connectivity index (χ1) is 11.6. The first-order valence-electron chi connectivity index (χ1n) is 8.12. The molecule has 0 unspecified atom stereocenters. The molecule has 0 N–H and O–H groups in total. The molecule has 1 saturated heterocycles. The summed E-state index contributed by atoms with van der Waals surface area (Å²) in [6.45, 7) is 0.390. The Hall–Kier alpha value is -2.31. The molecule has 0 bridgehead atoms. The Balaban J connectivity index is 1.90. The van der Waals surface area contributed by atoms with Crippen LogP contribution in [-0.2, 0) is 19.1 Å². The van der Waals surface area contributed by atoms with E-state index >= 15 is 0 Å². The standard InChI is InChI=1S/C17H21NO6/c1-22-16(20)11-4-3-8-18(13(11)17(21)23-2)15(19)12-7-9-24-14(12)10-5-6-10/h7,9-11,13H,3-6,8H2,1-2H3/t11-,13+/m1/s1. The van der Waals surface area contributed by atoms with E-state index in [-0.39, 0.29) is 11.8 Å². The topological polar surface area (TPSA) is 86.1 Å². The third-order valence-electron chi connectivity index (χ3n) is 4.71. The summed E-state index contributed by atoms with van der Waals surface area (Å²) in [4.78, 5) is 38.7. The molecule has 24 heavy (non-hydrogen) atoms. The number of piperidine rings is 1. The number of rotatable bonds is 4. The van der Waals surface area contributed by atoms with Gasteiger partial charge in [0.2, 0.25) is 0 Å². The molecule has 7 nitrogen and oxygen atoms in total. The van der Waals surface area contributed by atoms with Crippen molar-refractivity contribution in [3.05, 3.63) is 23.7 Å². The van der Waals surface area contributed by atoms with Gasteiger partial charge in [0.15, 0.2) is 0 Å². The monoisotopic (exact) mass is 335 g/mol. The van der Waals surface area contributed by atoms with Gasteiger partial charge in [0.1, 0.15) is 11.8 Å². The van der Waals surface area contributed by atoms with Crippen LogP contribution in [0.4, 0.5) is 0 Å². The molecule has 1 aromatic heterocycles. The van der Waals surface area contributed by atoms with Crippen LogP contribution in [0.25, 0.3) is 0 Å². The zero-order valence-corrected chi connectivity index (χ0v) is 13.8. The highest BCUT2D eigenvalue weighted by Crippen LogP contribution is 2.42. The number of carbonyl (C=O) groups is 3. The Morgan fingerprint density at radius 2 is 1.83 bits per heavy atom. The third kappa shape index (κ3) is 2.90. The van der Waals surface area contributed by atoms with Crippen LogP contribution in [0.15, 0.2) is 16.7 Å². The van der Waals surface area contributed by atoms with E-state index in [4.69, 9.17) is 13.9 Å². The van der Waals surface area contributed by atoms with Crippen molar-refractivity contribution in [3.63, 3.8) is 0 Å². The van der Waals surface area contributed by atoms with Gasteiger partial charge in [-0.1, -0.05) is 0 Å². The second-order valence-electron chi connectivity index (χ2n) is 6.21. The van der Waals surface area contributed by atoms with Crippen molar-refractivity contribution in [1.29, 1.82) is 0 Å². The predicted molar refractivity (Wildman–Crippen MR) is 82.3 cm³/mol. The first kappa shape index (κ1) is 16.5. The number of carbonyl (C=O) groups excluding carboxylic acids is 3. The van der Waals surface area contributed by atoms with E-state index in [2.05, 4.69) is 0 Å². The minimum Gasteiger partial charge on any atom is -0.469 e. The van der Waals surface area contributed by atoms with Crippen LogP contribution in [0.1, 0.15) is 47.7 Å². The van der Waals surface area contributed by atoms with Crippen LogP contribution in [0.5, 0.6) is 0 Å². The number of methoxy groups -OCH3 is 2. The Morgan fingerprint density at radius 3 is 2.46 bits per heavy atom. The summed E-state index contributed by atoms with van der Waals surface area (Å²) >= 11 is 0. The van der Waals surface area contributed by atoms with Crippen LogP contribution < -0.4 is 0 Å². The Labute approximate surface area is 139 Å². The van der Waals surface area contributed by atoms with Crippen molar-refractivity contribution in [2.24, 2.45) is 5.92 Å². The minimum atomic E-state index is -0.967. The molecule has 2 fully saturated rings. The lowest BCUT2D eigenvalue weighted by Crippen LogP contribution is -2.55. The summed E-state index contributed by atoms with van der Waals surface area (Å²) in [6.07, 6.45) is 4.60. The average molecular weight is 335 g/mol. The molecule has 2 aliphatic rings. The van der Waals surface area contributed by atoms with Gasteiger partial charge in [-0.05, 0) is 31.7 Å². The fourth-order valence-corrected chi connectivity index (χ4v) is 3.35. The molecule has 1 aliphatic carbocycles. The summed E-state index contributed by atoms with van der Waals surface area (Å²) in [5.74, 6) is -1.17. The molecule has 1 aliphatic heterocycles. The van der Waals surface area contributed by atoms with Gasteiger partial charge in [-0.3, -0.25) is 9.59 Å². The lowest BCUT2D eigenvalue weighted by molar-refractivity contribution is -0.160. The van der Waals surface area contributed by atoms with Gasteiger partial charge in [0.25, 0.3) is 5.91 Å². The molecule has 0 spiro atoms. The highest BCUT2D eigenvalue weighted by atomic mass is 16.5. The number of furan rings is 1. The minimum absolute atomic E-state index is 0.275. The van der Waals surface area contributed by atoms with Gasteiger partial charge in [0.05, 0.1) is 32.0 Å². The molecule has 1 aromatic rings. The van der Waals surface area contributed by atoms with E-state index in [0.29, 0.717) is 30.7 Å². The number of esters is 2. The maximum absolute atomic E-state index is 13.0. The number of likely N-dealkylation sites (tertiary alicyclic amines) is 1. The fraction of sp³-hybridized carbons (Fsp3) is 0.588. The zero-order chi connectivity index (χ0) is 17.3. The van der Waals surface area contributed by atoms with E-state index in [1.807, 2.05) is 0 Å². The van der Waals surface area contributed by atoms with Crippen LogP contribution in [0.3, 0.4) is 0 Å². The van der Waals surface area contributed by atoms with Crippen molar-refractivity contribution in [1.82, 2.24) is 4.90 Å². The van der Waals surface area contributed by atoms with Gasteiger partial charge in [-0.25, -0.2) is 4.79 Å². The number of amides is 1. The maximum Gasteiger partial charge on any atom is 0.329 e. The molecule has 1 saturated carbocycles. The van der Waals surface area contributed by atoms with Gasteiger partial charge in [-0.2, -0.15) is 0 Å². The molecule has 3 rings (SSSR count). The molecule has 2 atom stereocenters. The highest BCUT2D eigenvalue weighted by Gasteiger charge is 2.45. The van der Waals surface area contributed by atoms with Gasteiger partial charge < -0.3 is 18.8 Å². The van der Waals surface area contributed by atoms with Crippen LogP contribution in [-0.4, -0.2) is 49.6 Å². The van der Waals surface area contributed by atoms with E-state index in [1.54, 1.807) is 6.07 Å². The van der Waals surface area contributed by atoms with Crippen LogP contribution in [0, 0.1) is 5.92 Å². The number of hydrogen-bond acceptors (Lipinski definition) is 6. The molecule has 0 radical (unpaired) electrons. The fourth-order valence-electron chi connectivity index (χ4n) is 3.35. The summed E-state index contributed by atoms with van der Waals surface area (Å²) in [7, 11) is 2.53. The van der Waals surface area contributed by atoms with E-state index in [0.717, 1.165) is 12.8 Å². The second kappa shape index (κ2) is 6.67. The predicted octanol–water partition coefficient (Wildman–Crippen LogP) is 1.72. The number of nitrogens with zero attached hydrogens (tertiary/aromatic N) is 1. The molecule has 2 heterocycles. The Bertz CT molecular complexity index is 647. The first-order valence-corrected chi connectivity index (χ1v) is 8.12. The van der Waals surface area contributed by atoms with Gasteiger partial charge in [-0.15, -0.1) is 0 Å². The highest BCUT2D eigenvalue weighted by molar-refractivity contribution is 5.99. The summed E-state index contributed by atoms with van der Waals surface area (Å²) in [6, 6.07) is 0.664. The van der Waals surface area contributed by atoms with Crippen molar-refractivity contribution in [2.75, 3.05) is 20.8 Å². The lowest BCUT2D eigenvalue weighted by Gasteiger charge is -2.38. The zero-order valence-electron chi connectivity index (χ0n) is 13.8. The van der Waals surface area contributed by atoms with Gasteiger partial charge in [0, 0.05) is 12.5 Å². The van der Waals surface area contributed by atoms with E-state index < -0.39 is 23.9 Å². The van der Waals surface area contributed by atoms with Crippen molar-refractivity contribution < 1.29 is 28.3 Å². The normalized spacial score (nSPS) is 23.7. The number of ether oxygens (including phenoxy) is 2. The smallest absolute Gasteiger partial charge is 0.329 e. The van der Waals surface area contributed by atoms with Crippen molar-refractivity contribution >= 4 is 17.8 Å². The van der Waals surface area contributed by atoms with Crippen LogP contribution >= 0.6 is 0 Å². The SMILES string of the molecule is COC(=O)[C@@H]1[C@H](C(=O)OC)CCCN1C(=O)c1ccoc1C1CC1. The van der Waals surface area contributed by atoms with E-state index in [9.17, 15) is 14.4 Å². The Kier molecular flexibility index (Phi) is 4.59. The third-order valence-corrected chi connectivity index (χ3v) is 4.71. The van der Waals surface area contributed by atoms with Gasteiger partial charge >= 0.3 is 11.9 Å². The van der Waals surface area contributed by atoms with Crippen LogP contribution in [0.2, 0.25) is 0 Å². The molecular weight excluding hydrogens is 314 g/mol.